The van der Waals surface area contributed by atoms with Gasteiger partial charge in [-0.1, -0.05) is 13.8 Å². The second-order valence-electron chi connectivity index (χ2n) is 6.10. The van der Waals surface area contributed by atoms with E-state index in [0.717, 1.165) is 17.1 Å². The van der Waals surface area contributed by atoms with Crippen LogP contribution in [-0.2, 0) is 0 Å². The number of amides is 1. The highest BCUT2D eigenvalue weighted by Gasteiger charge is 2.06. The molecule has 0 aliphatic heterocycles. The molecular weight excluding hydrogens is 316 g/mol. The van der Waals surface area contributed by atoms with Crippen LogP contribution in [0.2, 0.25) is 0 Å². The average molecular weight is 340 g/mol. The molecule has 0 aliphatic carbocycles. The minimum absolute atomic E-state index is 0.261. The van der Waals surface area contributed by atoms with Crippen LogP contribution in [0, 0.1) is 5.92 Å². The molecule has 0 fully saturated rings. The summed E-state index contributed by atoms with van der Waals surface area (Å²) in [6, 6.07) is 14.5. The zero-order chi connectivity index (χ0) is 18.2. The van der Waals surface area contributed by atoms with Gasteiger partial charge in [-0.25, -0.2) is 5.43 Å². The average Bonchev–Trinajstić information content (AvgIpc) is 2.64. The molecule has 5 nitrogen and oxygen atoms in total. The van der Waals surface area contributed by atoms with Crippen molar-refractivity contribution in [3.63, 3.8) is 0 Å². The lowest BCUT2D eigenvalue weighted by molar-refractivity contribution is 0.0955. The summed E-state index contributed by atoms with van der Waals surface area (Å²) < 4.78 is 10.7. The quantitative estimate of drug-likeness (QED) is 0.614. The standard InChI is InChI=1S/C20H24N2O3/c1-14(2)13-25-19-11-7-17(8-12-19)20(23)22-21-15(3)16-5-9-18(24-4)10-6-16/h5-12,14H,13H2,1-4H3,(H,22,23)/b21-15+. The molecule has 0 aliphatic rings. The number of nitrogens with one attached hydrogen (secondary N) is 1. The molecule has 1 N–H and O–H groups in total. The number of benzene rings is 2. The molecule has 0 aromatic heterocycles. The van der Waals surface area contributed by atoms with Gasteiger partial charge in [0.1, 0.15) is 11.5 Å². The first-order valence-electron chi connectivity index (χ1n) is 8.21. The molecular formula is C20H24N2O3. The van der Waals surface area contributed by atoms with Crippen LogP contribution in [0.5, 0.6) is 11.5 Å². The summed E-state index contributed by atoms with van der Waals surface area (Å²) >= 11 is 0. The lowest BCUT2D eigenvalue weighted by Crippen LogP contribution is -2.19. The summed E-state index contributed by atoms with van der Waals surface area (Å²) in [5, 5.41) is 4.15. The Labute approximate surface area is 148 Å². The van der Waals surface area contributed by atoms with Crippen LogP contribution in [0.15, 0.2) is 53.6 Å². The number of hydrogen-bond acceptors (Lipinski definition) is 4. The highest BCUT2D eigenvalue weighted by Crippen LogP contribution is 2.14. The highest BCUT2D eigenvalue weighted by atomic mass is 16.5. The van der Waals surface area contributed by atoms with Gasteiger partial charge in [0.05, 0.1) is 19.4 Å². The minimum atomic E-state index is -0.261. The Morgan fingerprint density at radius 1 is 1.00 bits per heavy atom. The van der Waals surface area contributed by atoms with Crippen molar-refractivity contribution >= 4 is 11.6 Å². The molecule has 0 heterocycles. The molecule has 25 heavy (non-hydrogen) atoms. The van der Waals surface area contributed by atoms with E-state index in [1.165, 1.54) is 0 Å². The van der Waals surface area contributed by atoms with E-state index in [1.807, 2.05) is 31.2 Å². The zero-order valence-corrected chi connectivity index (χ0v) is 15.1. The van der Waals surface area contributed by atoms with Crippen molar-refractivity contribution in [2.75, 3.05) is 13.7 Å². The monoisotopic (exact) mass is 340 g/mol. The van der Waals surface area contributed by atoms with Crippen molar-refractivity contribution in [2.24, 2.45) is 11.0 Å². The maximum atomic E-state index is 12.2. The summed E-state index contributed by atoms with van der Waals surface area (Å²) in [7, 11) is 1.62. The van der Waals surface area contributed by atoms with E-state index in [2.05, 4.69) is 24.4 Å². The Hall–Kier alpha value is -2.82. The molecule has 2 aromatic carbocycles. The topological polar surface area (TPSA) is 59.9 Å². The number of hydrogen-bond donors (Lipinski definition) is 1. The van der Waals surface area contributed by atoms with Gasteiger partial charge in [-0.15, -0.1) is 0 Å². The molecule has 0 radical (unpaired) electrons. The molecule has 0 saturated carbocycles. The molecule has 2 rings (SSSR count). The summed E-state index contributed by atoms with van der Waals surface area (Å²) in [6.45, 7) is 6.66. The lowest BCUT2D eigenvalue weighted by atomic mass is 10.1. The summed E-state index contributed by atoms with van der Waals surface area (Å²) in [5.41, 5.74) is 4.73. The van der Waals surface area contributed by atoms with Gasteiger partial charge in [-0.3, -0.25) is 4.79 Å². The molecule has 0 spiro atoms. The number of nitrogens with zero attached hydrogens (tertiary/aromatic N) is 1. The molecule has 0 saturated heterocycles. The van der Waals surface area contributed by atoms with Gasteiger partial charge < -0.3 is 9.47 Å². The van der Waals surface area contributed by atoms with Crippen LogP contribution in [-0.4, -0.2) is 25.3 Å². The van der Waals surface area contributed by atoms with E-state index in [0.29, 0.717) is 23.8 Å². The number of ether oxygens (including phenoxy) is 2. The van der Waals surface area contributed by atoms with E-state index < -0.39 is 0 Å². The van der Waals surface area contributed by atoms with Crippen molar-refractivity contribution in [2.45, 2.75) is 20.8 Å². The van der Waals surface area contributed by atoms with Crippen LogP contribution in [0.4, 0.5) is 0 Å². The van der Waals surface area contributed by atoms with Crippen molar-refractivity contribution in [1.29, 1.82) is 0 Å². The Balaban J connectivity index is 1.96. The number of rotatable bonds is 7. The SMILES string of the molecule is COc1ccc(/C(C)=N/NC(=O)c2ccc(OCC(C)C)cc2)cc1. The smallest absolute Gasteiger partial charge is 0.271 e. The fraction of sp³-hybridized carbons (Fsp3) is 0.300. The van der Waals surface area contributed by atoms with Gasteiger partial charge >= 0.3 is 0 Å². The minimum Gasteiger partial charge on any atom is -0.497 e. The highest BCUT2D eigenvalue weighted by molar-refractivity contribution is 6.00. The molecule has 0 atom stereocenters. The van der Waals surface area contributed by atoms with Crippen LogP contribution >= 0.6 is 0 Å². The summed E-state index contributed by atoms with van der Waals surface area (Å²) in [6.07, 6.45) is 0. The fourth-order valence-electron chi connectivity index (χ4n) is 2.06. The first-order chi connectivity index (χ1) is 12.0. The Kier molecular flexibility index (Phi) is 6.57. The van der Waals surface area contributed by atoms with Crippen LogP contribution < -0.4 is 14.9 Å². The van der Waals surface area contributed by atoms with Crippen LogP contribution in [0.1, 0.15) is 36.7 Å². The van der Waals surface area contributed by atoms with E-state index in [9.17, 15) is 4.79 Å². The molecule has 1 amide bonds. The van der Waals surface area contributed by atoms with Crippen LogP contribution in [0.3, 0.4) is 0 Å². The predicted octanol–water partition coefficient (Wildman–Crippen LogP) is 3.88. The molecule has 132 valence electrons. The maximum Gasteiger partial charge on any atom is 0.271 e. The van der Waals surface area contributed by atoms with Gasteiger partial charge in [0.2, 0.25) is 0 Å². The van der Waals surface area contributed by atoms with Crippen molar-refractivity contribution in [3.05, 3.63) is 59.7 Å². The number of carbonyl (C=O) groups is 1. The van der Waals surface area contributed by atoms with Gasteiger partial charge in [0.25, 0.3) is 5.91 Å². The number of hydrazone groups is 1. The predicted molar refractivity (Wildman–Crippen MR) is 99.4 cm³/mol. The summed E-state index contributed by atoms with van der Waals surface area (Å²) in [4.78, 5) is 12.2. The van der Waals surface area contributed by atoms with Gasteiger partial charge in [0, 0.05) is 5.56 Å². The third kappa shape index (κ3) is 5.64. The van der Waals surface area contributed by atoms with Crippen molar-refractivity contribution in [1.82, 2.24) is 5.43 Å². The summed E-state index contributed by atoms with van der Waals surface area (Å²) in [5.74, 6) is 1.73. The maximum absolute atomic E-state index is 12.2. The fourth-order valence-corrected chi connectivity index (χ4v) is 2.06. The largest absolute Gasteiger partial charge is 0.497 e. The normalized spacial score (nSPS) is 11.3. The van der Waals surface area contributed by atoms with E-state index >= 15 is 0 Å². The van der Waals surface area contributed by atoms with Gasteiger partial charge in [-0.2, -0.15) is 5.10 Å². The number of methoxy groups -OCH3 is 1. The first-order valence-corrected chi connectivity index (χ1v) is 8.21. The van der Waals surface area contributed by atoms with Crippen molar-refractivity contribution < 1.29 is 14.3 Å². The number of carbonyl (C=O) groups excluding carboxylic acids is 1. The molecule has 0 unspecified atom stereocenters. The molecule has 2 aromatic rings. The molecule has 0 bridgehead atoms. The third-order valence-corrected chi connectivity index (χ3v) is 3.53. The van der Waals surface area contributed by atoms with Crippen molar-refractivity contribution in [3.8, 4) is 11.5 Å². The van der Waals surface area contributed by atoms with Gasteiger partial charge in [0.15, 0.2) is 0 Å². The van der Waals surface area contributed by atoms with Gasteiger partial charge in [-0.05, 0) is 66.9 Å². The van der Waals surface area contributed by atoms with E-state index in [1.54, 1.807) is 31.4 Å². The zero-order valence-electron chi connectivity index (χ0n) is 15.1. The van der Waals surface area contributed by atoms with E-state index in [4.69, 9.17) is 9.47 Å². The molecule has 5 heteroatoms. The third-order valence-electron chi connectivity index (χ3n) is 3.53. The van der Waals surface area contributed by atoms with Crippen LogP contribution in [0.25, 0.3) is 0 Å². The second-order valence-corrected chi connectivity index (χ2v) is 6.10. The Morgan fingerprint density at radius 2 is 1.56 bits per heavy atom. The lowest BCUT2D eigenvalue weighted by Gasteiger charge is -2.09. The second kappa shape index (κ2) is 8.87. The Bertz CT molecular complexity index is 720. The first kappa shape index (κ1) is 18.5. The van der Waals surface area contributed by atoms with E-state index in [-0.39, 0.29) is 5.91 Å². The Morgan fingerprint density at radius 3 is 2.12 bits per heavy atom.